The Kier molecular flexibility index (Phi) is 24.4. The van der Waals surface area contributed by atoms with Crippen molar-refractivity contribution in [1.82, 2.24) is 39.6 Å². The van der Waals surface area contributed by atoms with Crippen LogP contribution in [0, 0.1) is 0 Å². The van der Waals surface area contributed by atoms with E-state index in [2.05, 4.69) is 73.7 Å². The minimum atomic E-state index is -0.833. The number of carbonyl (C=O) groups is 4. The van der Waals surface area contributed by atoms with Crippen LogP contribution in [0.1, 0.15) is 58.2 Å². The molecular weight excluding hydrogens is 1060 g/mol. The minimum Gasteiger partial charge on any atom is -0.495 e. The molecule has 0 bridgehead atoms. The number of hydrogen-bond donors (Lipinski definition) is 5. The number of anilines is 8. The molecule has 0 atom stereocenters. The van der Waals surface area contributed by atoms with Crippen LogP contribution in [0.4, 0.5) is 46.2 Å². The lowest BCUT2D eigenvalue weighted by molar-refractivity contribution is -0.134. The van der Waals surface area contributed by atoms with Gasteiger partial charge in [0.15, 0.2) is 5.82 Å². The molecule has 448 valence electrons. The first-order valence-corrected chi connectivity index (χ1v) is 27.9. The highest BCUT2D eigenvalue weighted by Crippen LogP contribution is 2.40. The third-order valence-corrected chi connectivity index (χ3v) is 13.7. The molecule has 23 heteroatoms. The van der Waals surface area contributed by atoms with Crippen LogP contribution in [0.25, 0.3) is 22.2 Å². The summed E-state index contributed by atoms with van der Waals surface area (Å²) >= 11 is 0. The van der Waals surface area contributed by atoms with Gasteiger partial charge in [-0.2, -0.15) is 4.98 Å². The lowest BCUT2D eigenvalue weighted by Crippen LogP contribution is -2.48. The number of likely N-dealkylation sites (N-methyl/N-ethyl adjacent to an activating group) is 4. The zero-order chi connectivity index (χ0) is 60.0. The number of carbonyl (C=O) groups excluding carboxylic acids is 3. The van der Waals surface area contributed by atoms with Crippen LogP contribution in [0.15, 0.2) is 91.4 Å². The van der Waals surface area contributed by atoms with E-state index in [1.807, 2.05) is 85.5 Å². The number of hydrogen-bond acceptors (Lipinski definition) is 18. The molecule has 8 rings (SSSR count). The van der Waals surface area contributed by atoms with Gasteiger partial charge in [0.05, 0.1) is 81.8 Å². The first-order valence-electron chi connectivity index (χ1n) is 27.9. The Morgan fingerprint density at radius 2 is 1.51 bits per heavy atom. The largest absolute Gasteiger partial charge is 0.495 e. The maximum atomic E-state index is 13.5. The van der Waals surface area contributed by atoms with E-state index in [0.717, 1.165) is 72.8 Å². The Labute approximate surface area is 488 Å². The molecule has 1 fully saturated rings. The predicted molar refractivity (Wildman–Crippen MR) is 329 cm³/mol. The van der Waals surface area contributed by atoms with Gasteiger partial charge in [-0.05, 0) is 70.4 Å². The van der Waals surface area contributed by atoms with Gasteiger partial charge in [-0.1, -0.05) is 51.0 Å². The molecule has 1 saturated carbocycles. The number of aryl methyl sites for hydroxylation is 1. The van der Waals surface area contributed by atoms with E-state index in [0.29, 0.717) is 104 Å². The normalized spacial score (nSPS) is 13.1. The smallest absolute Gasteiger partial charge is 0.300 e. The third kappa shape index (κ3) is 18.1. The number of methoxy groups -OCH3 is 2. The summed E-state index contributed by atoms with van der Waals surface area (Å²) in [5, 5.41) is 21.1. The SMILES string of the molecule is CC.CC(=O)O.COc1cc(N(C)CCN(C)C)c(NC(=O)/C=C/CN(C)CCOCCOCCNC(=O)c2ccc(Nc3ncc4c(n3)N(C3CCCC3)CC(=O)N4C)c(OC)c2)cc1Nc1nccc(-c2cn(C)c3ccccc23)n1.[HH]. The van der Waals surface area contributed by atoms with E-state index in [-0.39, 0.29) is 31.7 Å². The number of carboxylic acid groups (broad SMARTS) is 1. The molecule has 2 aliphatic rings. The Morgan fingerprint density at radius 3 is 2.23 bits per heavy atom. The number of aliphatic carboxylic acids is 1. The molecule has 6 aromatic rings. The second kappa shape index (κ2) is 31.7. The first kappa shape index (κ1) is 63.8. The van der Waals surface area contributed by atoms with Gasteiger partial charge in [-0.15, -0.1) is 0 Å². The van der Waals surface area contributed by atoms with E-state index in [9.17, 15) is 14.4 Å². The van der Waals surface area contributed by atoms with Gasteiger partial charge in [0.2, 0.25) is 23.7 Å². The lowest BCUT2D eigenvalue weighted by Gasteiger charge is -2.37. The predicted octanol–water partition coefficient (Wildman–Crippen LogP) is 7.91. The highest BCUT2D eigenvalue weighted by atomic mass is 16.5. The zero-order valence-electron chi connectivity index (χ0n) is 49.8. The first-order chi connectivity index (χ1) is 40.0. The highest BCUT2D eigenvalue weighted by Gasteiger charge is 2.34. The van der Waals surface area contributed by atoms with Crippen molar-refractivity contribution in [3.05, 3.63) is 97.0 Å². The molecule has 0 saturated heterocycles. The van der Waals surface area contributed by atoms with Gasteiger partial charge >= 0.3 is 0 Å². The number of rotatable bonds is 26. The van der Waals surface area contributed by atoms with Crippen molar-refractivity contribution < 1.29 is 44.7 Å². The number of benzene rings is 3. The van der Waals surface area contributed by atoms with Crippen LogP contribution in [0.3, 0.4) is 0 Å². The number of carboxylic acids is 1. The zero-order valence-corrected chi connectivity index (χ0v) is 49.8. The number of aromatic nitrogens is 5. The van der Waals surface area contributed by atoms with Crippen molar-refractivity contribution in [2.75, 3.05) is 146 Å². The Hall–Kier alpha value is -8.38. The Bertz CT molecular complexity index is 3150. The molecule has 0 radical (unpaired) electrons. The minimum absolute atomic E-state index is 0. The third-order valence-electron chi connectivity index (χ3n) is 13.7. The van der Waals surface area contributed by atoms with E-state index in [1.165, 1.54) is 13.2 Å². The number of nitrogens with zero attached hydrogens (tertiary/aromatic N) is 10. The summed E-state index contributed by atoms with van der Waals surface area (Å²) < 4.78 is 25.1. The lowest BCUT2D eigenvalue weighted by atomic mass is 10.1. The Morgan fingerprint density at radius 1 is 0.819 bits per heavy atom. The van der Waals surface area contributed by atoms with Crippen LogP contribution in [-0.4, -0.2) is 184 Å². The van der Waals surface area contributed by atoms with Crippen LogP contribution < -0.4 is 45.4 Å². The standard InChI is InChI=1S/C56H72N14O7.C2H4O2.C2H6.H2/c1-65(2)25-26-67(4)47-34-50(75-8)45(63-55-58-22-21-42(61-55)41-36-68(5)46-17-12-11-16-40(41)46)33-44(47)60-51(71)18-13-24-66(3)27-29-77-31-30-76-28-23-57-54(73)38-19-20-43(49(32-38)74-7)62-56-59-35-48-53(64-56)70(37-52(72)69(48)6)39-14-9-10-15-39;1-2(3)4;1-2;/h11-13,16-22,32-36,39H,9-10,14-15,23-31,37H2,1-8H3,(H,57,73)(H,60,71)(H,58,61,63)(H,59,62,64);1H3,(H,3,4);1-2H3;1H/b18-13+;;;. The summed E-state index contributed by atoms with van der Waals surface area (Å²) in [5.74, 6) is 1.14. The van der Waals surface area contributed by atoms with Crippen LogP contribution >= 0.6 is 0 Å². The van der Waals surface area contributed by atoms with E-state index < -0.39 is 5.97 Å². The van der Waals surface area contributed by atoms with Gasteiger partial charge in [-0.3, -0.25) is 19.2 Å². The van der Waals surface area contributed by atoms with E-state index >= 15 is 0 Å². The van der Waals surface area contributed by atoms with E-state index in [4.69, 9.17) is 38.8 Å². The van der Waals surface area contributed by atoms with Crippen molar-refractivity contribution in [2.45, 2.75) is 52.5 Å². The average Bonchev–Trinajstić information content (AvgIpc) is 2.19. The van der Waals surface area contributed by atoms with Gasteiger partial charge in [-0.25, -0.2) is 15.0 Å². The molecule has 3 aromatic heterocycles. The van der Waals surface area contributed by atoms with E-state index in [1.54, 1.807) is 49.7 Å². The van der Waals surface area contributed by atoms with Gasteiger partial charge < -0.3 is 74.4 Å². The highest BCUT2D eigenvalue weighted by molar-refractivity contribution is 6.03. The summed E-state index contributed by atoms with van der Waals surface area (Å²) in [6.07, 6.45) is 13.1. The van der Waals surface area contributed by atoms with Crippen LogP contribution in [0.2, 0.25) is 0 Å². The topological polar surface area (TPSA) is 246 Å². The van der Waals surface area contributed by atoms with Crippen molar-refractivity contribution >= 4 is 80.7 Å². The summed E-state index contributed by atoms with van der Waals surface area (Å²) in [4.78, 5) is 77.0. The quantitative estimate of drug-likeness (QED) is 0.0256. The second-order valence-corrected chi connectivity index (χ2v) is 20.0. The molecule has 1 aliphatic carbocycles. The average molecular weight is 1150 g/mol. The maximum absolute atomic E-state index is 13.5. The van der Waals surface area contributed by atoms with Crippen molar-refractivity contribution in [1.29, 1.82) is 0 Å². The molecule has 3 amide bonds. The molecule has 1 aliphatic heterocycles. The number of fused-ring (bicyclic) bond motifs is 2. The summed E-state index contributed by atoms with van der Waals surface area (Å²) in [6.45, 7) is 9.88. The molecule has 4 heterocycles. The Balaban J connectivity index is 0.00000177. The van der Waals surface area contributed by atoms with Crippen molar-refractivity contribution in [2.24, 2.45) is 7.05 Å². The molecule has 23 nitrogen and oxygen atoms in total. The molecule has 0 unspecified atom stereocenters. The van der Waals surface area contributed by atoms with Crippen LogP contribution in [-0.2, 0) is 30.9 Å². The maximum Gasteiger partial charge on any atom is 0.300 e. The number of nitrogens with one attached hydrogen (secondary N) is 4. The van der Waals surface area contributed by atoms with Crippen molar-refractivity contribution in [3.8, 4) is 22.8 Å². The van der Waals surface area contributed by atoms with Gasteiger partial charge in [0.1, 0.15) is 17.2 Å². The fourth-order valence-corrected chi connectivity index (χ4v) is 9.35. The molecule has 0 spiro atoms. The number of amides is 3. The summed E-state index contributed by atoms with van der Waals surface area (Å²) in [7, 11) is 14.9. The van der Waals surface area contributed by atoms with Crippen molar-refractivity contribution in [3.63, 3.8) is 0 Å². The number of para-hydroxylation sites is 1. The monoisotopic (exact) mass is 1140 g/mol. The molecule has 5 N–H and O–H groups in total. The molecule has 83 heavy (non-hydrogen) atoms. The fourth-order valence-electron chi connectivity index (χ4n) is 9.35. The fraction of sp³-hybridized carbons (Fsp3) is 0.433. The summed E-state index contributed by atoms with van der Waals surface area (Å²) in [6, 6.07) is 19.2. The van der Waals surface area contributed by atoms with Gasteiger partial charge in [0, 0.05) is 115 Å². The van der Waals surface area contributed by atoms with Gasteiger partial charge in [0.25, 0.3) is 11.9 Å². The van der Waals surface area contributed by atoms with Crippen LogP contribution in [0.5, 0.6) is 11.5 Å². The number of ether oxygens (including phenoxy) is 4. The molecule has 3 aromatic carbocycles. The summed E-state index contributed by atoms with van der Waals surface area (Å²) in [5.41, 5.74) is 6.56. The second-order valence-electron chi connectivity index (χ2n) is 20.0. The molecular formula is C60H84N14O9.